The number of para-hydroxylation sites is 2. The number of aryl methyl sites for hydroxylation is 4. The van der Waals surface area contributed by atoms with Crippen molar-refractivity contribution in [2.75, 3.05) is 23.8 Å². The van der Waals surface area contributed by atoms with Crippen molar-refractivity contribution in [1.82, 2.24) is 0 Å². The van der Waals surface area contributed by atoms with Gasteiger partial charge in [-0.3, -0.25) is 9.59 Å². The van der Waals surface area contributed by atoms with Gasteiger partial charge in [0, 0.05) is 11.4 Å². The first-order chi connectivity index (χ1) is 24.8. The fourth-order valence-corrected chi connectivity index (χ4v) is 7.35. The zero-order valence-electron chi connectivity index (χ0n) is 29.2. The van der Waals surface area contributed by atoms with Crippen LogP contribution in [0, 0.1) is 27.7 Å². The van der Waals surface area contributed by atoms with E-state index in [-0.39, 0.29) is 25.0 Å². The molecule has 6 aromatic carbocycles. The summed E-state index contributed by atoms with van der Waals surface area (Å²) >= 11 is 0. The fraction of sp³-hybridized carbons (Fsp3) is 0.156. The van der Waals surface area contributed by atoms with Crippen molar-refractivity contribution in [3.05, 3.63) is 178 Å². The van der Waals surface area contributed by atoms with E-state index >= 15 is 0 Å². The van der Waals surface area contributed by atoms with E-state index in [4.69, 9.17) is 9.47 Å². The number of rotatable bonds is 10. The Morgan fingerprint density at radius 3 is 1.20 bits per heavy atom. The standard InChI is InChI=1S/C45H40N2O4/c1-29-11-9-12-30(2)43(29)50-27-41(48)46-35-23-19-33(20-24-35)45(39-17-7-5-15-37(39)38-16-6-8-18-40(38)45)34-21-25-36(26-22-34)47-42(49)28-51-44-31(3)13-10-14-32(44)4/h5-26H,27-28H2,1-4H3,(H,46,48)(H,47,49). The summed E-state index contributed by atoms with van der Waals surface area (Å²) in [7, 11) is 0. The molecule has 1 aliphatic carbocycles. The number of carbonyl (C=O) groups is 2. The van der Waals surface area contributed by atoms with E-state index in [1.807, 2.05) is 88.4 Å². The molecule has 6 aromatic rings. The van der Waals surface area contributed by atoms with Crippen molar-refractivity contribution in [3.8, 4) is 22.6 Å². The molecule has 0 spiro atoms. The number of anilines is 2. The number of benzene rings is 6. The highest BCUT2D eigenvalue weighted by atomic mass is 16.5. The van der Waals surface area contributed by atoms with Crippen LogP contribution in [-0.2, 0) is 15.0 Å². The van der Waals surface area contributed by atoms with Crippen molar-refractivity contribution in [3.63, 3.8) is 0 Å². The predicted octanol–water partition coefficient (Wildman–Crippen LogP) is 9.32. The lowest BCUT2D eigenvalue weighted by molar-refractivity contribution is -0.118. The molecule has 0 fully saturated rings. The van der Waals surface area contributed by atoms with Crippen molar-refractivity contribution in [1.29, 1.82) is 0 Å². The molecule has 1 aliphatic rings. The van der Waals surface area contributed by atoms with Gasteiger partial charge in [0.2, 0.25) is 0 Å². The Labute approximate surface area is 299 Å². The molecule has 2 N–H and O–H groups in total. The van der Waals surface area contributed by atoms with E-state index in [0.717, 1.165) is 44.9 Å². The average Bonchev–Trinajstić information content (AvgIpc) is 3.43. The second kappa shape index (κ2) is 14.0. The van der Waals surface area contributed by atoms with E-state index in [0.29, 0.717) is 11.4 Å². The Morgan fingerprint density at radius 1 is 0.471 bits per heavy atom. The van der Waals surface area contributed by atoms with E-state index in [2.05, 4.69) is 83.4 Å². The van der Waals surface area contributed by atoms with E-state index < -0.39 is 5.41 Å². The molecule has 0 saturated heterocycles. The molecule has 0 atom stereocenters. The number of hydrogen-bond acceptors (Lipinski definition) is 4. The molecule has 6 heteroatoms. The number of fused-ring (bicyclic) bond motifs is 3. The first-order valence-corrected chi connectivity index (χ1v) is 17.1. The highest BCUT2D eigenvalue weighted by Crippen LogP contribution is 2.56. The molecular formula is C45H40N2O4. The van der Waals surface area contributed by atoms with Gasteiger partial charge < -0.3 is 20.1 Å². The van der Waals surface area contributed by atoms with Crippen LogP contribution in [0.4, 0.5) is 11.4 Å². The first kappa shape index (κ1) is 33.4. The van der Waals surface area contributed by atoms with Gasteiger partial charge in [0.15, 0.2) is 13.2 Å². The maximum atomic E-state index is 12.9. The summed E-state index contributed by atoms with van der Waals surface area (Å²) in [4.78, 5) is 25.9. The third-order valence-electron chi connectivity index (χ3n) is 9.67. The van der Waals surface area contributed by atoms with Gasteiger partial charge in [-0.15, -0.1) is 0 Å². The van der Waals surface area contributed by atoms with Crippen molar-refractivity contribution in [2.45, 2.75) is 33.1 Å². The Morgan fingerprint density at radius 2 is 0.824 bits per heavy atom. The number of hydrogen-bond donors (Lipinski definition) is 2. The van der Waals surface area contributed by atoms with Crippen molar-refractivity contribution < 1.29 is 19.1 Å². The van der Waals surface area contributed by atoms with Gasteiger partial charge in [0.05, 0.1) is 5.41 Å². The Balaban J connectivity index is 1.16. The molecule has 0 heterocycles. The van der Waals surface area contributed by atoms with Gasteiger partial charge in [0.1, 0.15) is 11.5 Å². The smallest absolute Gasteiger partial charge is 0.262 e. The van der Waals surface area contributed by atoms with Crippen LogP contribution in [-0.4, -0.2) is 25.0 Å². The minimum atomic E-state index is -0.630. The summed E-state index contributed by atoms with van der Waals surface area (Å²) in [5, 5.41) is 6.00. The molecular weight excluding hydrogens is 633 g/mol. The summed E-state index contributed by atoms with van der Waals surface area (Å²) in [5.41, 5.74) is 11.5. The summed E-state index contributed by atoms with van der Waals surface area (Å²) in [6.45, 7) is 7.72. The lowest BCUT2D eigenvalue weighted by atomic mass is 9.67. The van der Waals surface area contributed by atoms with Crippen LogP contribution in [0.15, 0.2) is 133 Å². The van der Waals surface area contributed by atoms with Crippen LogP contribution in [0.25, 0.3) is 11.1 Å². The summed E-state index contributed by atoms with van der Waals surface area (Å²) in [6, 6.07) is 45.0. The number of ether oxygens (including phenoxy) is 2. The van der Waals surface area contributed by atoms with Gasteiger partial charge in [0.25, 0.3) is 11.8 Å². The molecule has 0 radical (unpaired) electrons. The third-order valence-corrected chi connectivity index (χ3v) is 9.67. The maximum Gasteiger partial charge on any atom is 0.262 e. The van der Waals surface area contributed by atoms with Crippen LogP contribution in [0.2, 0.25) is 0 Å². The molecule has 0 bridgehead atoms. The Bertz CT molecular complexity index is 2040. The second-order valence-corrected chi connectivity index (χ2v) is 13.1. The fourth-order valence-electron chi connectivity index (χ4n) is 7.35. The van der Waals surface area contributed by atoms with Crippen LogP contribution in [0.1, 0.15) is 44.5 Å². The largest absolute Gasteiger partial charge is 0.483 e. The summed E-state index contributed by atoms with van der Waals surface area (Å²) in [6.07, 6.45) is 0. The summed E-state index contributed by atoms with van der Waals surface area (Å²) in [5.74, 6) is 1.02. The Kier molecular flexibility index (Phi) is 9.16. The van der Waals surface area contributed by atoms with Crippen molar-refractivity contribution in [2.24, 2.45) is 0 Å². The highest BCUT2D eigenvalue weighted by Gasteiger charge is 2.45. The predicted molar refractivity (Wildman–Crippen MR) is 204 cm³/mol. The minimum Gasteiger partial charge on any atom is -0.483 e. The zero-order valence-corrected chi connectivity index (χ0v) is 29.2. The third kappa shape index (κ3) is 6.37. The second-order valence-electron chi connectivity index (χ2n) is 13.1. The molecule has 0 aliphatic heterocycles. The van der Waals surface area contributed by atoms with Gasteiger partial charge in [-0.05, 0) is 108 Å². The van der Waals surface area contributed by atoms with Gasteiger partial charge >= 0.3 is 0 Å². The minimum absolute atomic E-state index is 0.0846. The maximum absolute atomic E-state index is 12.9. The number of carbonyl (C=O) groups excluding carboxylic acids is 2. The van der Waals surface area contributed by atoms with Crippen molar-refractivity contribution >= 4 is 23.2 Å². The zero-order chi connectivity index (χ0) is 35.5. The molecule has 254 valence electrons. The van der Waals surface area contributed by atoms with Crippen LogP contribution in [0.3, 0.4) is 0 Å². The molecule has 6 nitrogen and oxygen atoms in total. The quantitative estimate of drug-likeness (QED) is 0.152. The molecule has 51 heavy (non-hydrogen) atoms. The lowest BCUT2D eigenvalue weighted by Gasteiger charge is -2.34. The number of amides is 2. The van der Waals surface area contributed by atoms with Gasteiger partial charge in [-0.1, -0.05) is 109 Å². The SMILES string of the molecule is Cc1cccc(C)c1OCC(=O)Nc1ccc(C2(c3ccc(NC(=O)COc4c(C)cccc4C)cc3)c3ccccc3-c3ccccc32)cc1. The van der Waals surface area contributed by atoms with Gasteiger partial charge in [-0.25, -0.2) is 0 Å². The van der Waals surface area contributed by atoms with Crippen LogP contribution >= 0.6 is 0 Å². The summed E-state index contributed by atoms with van der Waals surface area (Å²) < 4.78 is 11.8. The average molecular weight is 673 g/mol. The molecule has 2 amide bonds. The Hall–Kier alpha value is -6.14. The van der Waals surface area contributed by atoms with Gasteiger partial charge in [-0.2, -0.15) is 0 Å². The van der Waals surface area contributed by atoms with E-state index in [1.165, 1.54) is 22.3 Å². The first-order valence-electron chi connectivity index (χ1n) is 17.1. The topological polar surface area (TPSA) is 76.7 Å². The lowest BCUT2D eigenvalue weighted by Crippen LogP contribution is -2.29. The van der Waals surface area contributed by atoms with E-state index in [1.54, 1.807) is 0 Å². The molecule has 0 aromatic heterocycles. The van der Waals surface area contributed by atoms with Crippen LogP contribution in [0.5, 0.6) is 11.5 Å². The molecule has 7 rings (SSSR count). The van der Waals surface area contributed by atoms with E-state index in [9.17, 15) is 9.59 Å². The van der Waals surface area contributed by atoms with Crippen LogP contribution < -0.4 is 20.1 Å². The highest BCUT2D eigenvalue weighted by molar-refractivity contribution is 5.93. The molecule has 0 unspecified atom stereocenters. The molecule has 0 saturated carbocycles. The number of nitrogens with one attached hydrogen (secondary N) is 2. The normalized spacial score (nSPS) is 12.4. The monoisotopic (exact) mass is 672 g/mol.